The molecule has 100 valence electrons. The molecule has 1 aromatic rings. The van der Waals surface area contributed by atoms with E-state index in [1.807, 2.05) is 6.07 Å². The van der Waals surface area contributed by atoms with Gasteiger partial charge in [-0.15, -0.1) is 0 Å². The van der Waals surface area contributed by atoms with Gasteiger partial charge in [0, 0.05) is 7.26 Å². The van der Waals surface area contributed by atoms with E-state index >= 15 is 0 Å². The summed E-state index contributed by atoms with van der Waals surface area (Å²) in [4.78, 5) is 10.6. The molecule has 0 aliphatic rings. The number of hydrogen-bond donors (Lipinski definition) is 2. The highest BCUT2D eigenvalue weighted by molar-refractivity contribution is 7.81. The molecule has 4 heteroatoms. The molecule has 0 aliphatic heterocycles. The van der Waals surface area contributed by atoms with Crippen molar-refractivity contribution < 1.29 is 9.90 Å². The monoisotopic (exact) mass is 268 g/mol. The van der Waals surface area contributed by atoms with Crippen molar-refractivity contribution in [3.8, 4) is 0 Å². The highest BCUT2D eigenvalue weighted by Gasteiger charge is 2.27. The molecule has 0 fully saturated rings. The Bertz CT molecular complexity index is 379. The van der Waals surface area contributed by atoms with Crippen molar-refractivity contribution in [3.63, 3.8) is 0 Å². The van der Waals surface area contributed by atoms with E-state index in [1.165, 1.54) is 5.30 Å². The summed E-state index contributed by atoms with van der Waals surface area (Å²) >= 11 is 0. The van der Waals surface area contributed by atoms with Crippen LogP contribution in [-0.2, 0) is 4.79 Å². The zero-order valence-electron chi connectivity index (χ0n) is 11.2. The normalized spacial score (nSPS) is 13.3. The van der Waals surface area contributed by atoms with Gasteiger partial charge in [0.25, 0.3) is 0 Å². The van der Waals surface area contributed by atoms with Crippen molar-refractivity contribution in [3.05, 3.63) is 30.3 Å². The van der Waals surface area contributed by atoms with Crippen LogP contribution in [0.4, 0.5) is 0 Å². The number of carboxylic acids is 1. The lowest BCUT2D eigenvalue weighted by Gasteiger charge is -2.18. The van der Waals surface area contributed by atoms with Crippen molar-refractivity contribution in [2.75, 3.05) is 19.5 Å². The van der Waals surface area contributed by atoms with E-state index in [9.17, 15) is 4.79 Å². The highest BCUT2D eigenvalue weighted by atomic mass is 31.2. The molecule has 1 atom stereocenters. The van der Waals surface area contributed by atoms with E-state index in [-0.39, 0.29) is 0 Å². The van der Waals surface area contributed by atoms with Crippen LogP contribution < -0.4 is 11.0 Å². The molecule has 1 rings (SSSR count). The fraction of sp³-hybridized carbons (Fsp3) is 0.500. The van der Waals surface area contributed by atoms with E-state index in [2.05, 4.69) is 37.6 Å². The maximum Gasteiger partial charge on any atom is 0.320 e. The van der Waals surface area contributed by atoms with Gasteiger partial charge in [-0.2, -0.15) is 0 Å². The second-order valence-corrected chi connectivity index (χ2v) is 9.52. The first-order valence-electron chi connectivity index (χ1n) is 6.30. The molecule has 0 radical (unpaired) electrons. The highest BCUT2D eigenvalue weighted by Crippen LogP contribution is 2.50. The van der Waals surface area contributed by atoms with Gasteiger partial charge in [-0.05, 0) is 31.4 Å². The minimum atomic E-state index is -1.07. The third-order valence-electron chi connectivity index (χ3n) is 3.25. The van der Waals surface area contributed by atoms with E-state index < -0.39 is 19.3 Å². The van der Waals surface area contributed by atoms with Gasteiger partial charge in [0.2, 0.25) is 0 Å². The predicted octanol–water partition coefficient (Wildman–Crippen LogP) is 2.17. The fourth-order valence-corrected chi connectivity index (χ4v) is 4.21. The van der Waals surface area contributed by atoms with E-state index in [4.69, 9.17) is 10.8 Å². The van der Waals surface area contributed by atoms with Crippen molar-refractivity contribution in [2.24, 2.45) is 5.73 Å². The van der Waals surface area contributed by atoms with E-state index in [1.54, 1.807) is 0 Å². The predicted molar refractivity (Wildman–Crippen MR) is 79.2 cm³/mol. The number of benzene rings is 1. The maximum absolute atomic E-state index is 10.6. The average molecular weight is 268 g/mol. The largest absolute Gasteiger partial charge is 0.480 e. The molecule has 0 saturated heterocycles. The molecule has 0 spiro atoms. The molecule has 3 nitrogen and oxygen atoms in total. The summed E-state index contributed by atoms with van der Waals surface area (Å²) in [6.45, 7) is 4.67. The topological polar surface area (TPSA) is 63.3 Å². The molecule has 1 aromatic carbocycles. The lowest BCUT2D eigenvalue weighted by atomic mass is 10.1. The number of rotatable bonds is 7. The van der Waals surface area contributed by atoms with Crippen LogP contribution >= 0.6 is 7.26 Å². The molecule has 0 amide bonds. The van der Waals surface area contributed by atoms with Gasteiger partial charge in [0.05, 0.1) is 24.8 Å². The SMILES string of the molecule is C[P+](C)(CCCCC(N)C(=O)O)c1ccccc1. The minimum absolute atomic E-state index is 0.574. The first kappa shape index (κ1) is 15.1. The number of unbranched alkanes of at least 4 members (excludes halogenated alkanes) is 1. The third kappa shape index (κ3) is 4.75. The third-order valence-corrected chi connectivity index (χ3v) is 6.38. The lowest BCUT2D eigenvalue weighted by molar-refractivity contribution is -0.138. The van der Waals surface area contributed by atoms with Crippen LogP contribution in [0.25, 0.3) is 0 Å². The summed E-state index contributed by atoms with van der Waals surface area (Å²) in [6, 6.07) is 9.88. The fourth-order valence-electron chi connectivity index (χ4n) is 1.96. The van der Waals surface area contributed by atoms with Gasteiger partial charge in [0.1, 0.15) is 6.04 Å². The molecule has 0 saturated carbocycles. The van der Waals surface area contributed by atoms with Crippen LogP contribution in [0.15, 0.2) is 30.3 Å². The Morgan fingerprint density at radius 3 is 2.44 bits per heavy atom. The molecule has 0 heterocycles. The molecule has 1 unspecified atom stereocenters. The van der Waals surface area contributed by atoms with E-state index in [0.29, 0.717) is 6.42 Å². The Hall–Kier alpha value is -0.920. The maximum atomic E-state index is 10.6. The summed E-state index contributed by atoms with van der Waals surface area (Å²) in [5.41, 5.74) is 5.49. The molecule has 0 aromatic heterocycles. The van der Waals surface area contributed by atoms with Crippen molar-refractivity contribution >= 4 is 18.5 Å². The second kappa shape index (κ2) is 6.86. The van der Waals surface area contributed by atoms with Gasteiger partial charge in [-0.3, -0.25) is 4.79 Å². The van der Waals surface area contributed by atoms with Gasteiger partial charge in [-0.1, -0.05) is 18.2 Å². The second-order valence-electron chi connectivity index (χ2n) is 5.18. The summed E-state index contributed by atoms with van der Waals surface area (Å²) in [5.74, 6) is -0.896. The number of carbonyl (C=O) groups is 1. The molecule has 0 aliphatic carbocycles. The molecule has 0 bridgehead atoms. The van der Waals surface area contributed by atoms with Crippen molar-refractivity contribution in [1.29, 1.82) is 0 Å². The van der Waals surface area contributed by atoms with Gasteiger partial charge < -0.3 is 10.8 Å². The Balaban J connectivity index is 2.37. The Labute approximate surface area is 110 Å². The zero-order valence-corrected chi connectivity index (χ0v) is 12.1. The standard InChI is InChI=1S/C14H22NO2P/c1-18(2,12-8-4-3-5-9-12)11-7-6-10-13(15)14(16)17/h3-5,8-9,13H,6-7,10-11,15H2,1-2H3/p+1. The number of hydrogen-bond acceptors (Lipinski definition) is 2. The Kier molecular flexibility index (Phi) is 5.77. The minimum Gasteiger partial charge on any atom is -0.480 e. The summed E-state index contributed by atoms with van der Waals surface area (Å²) in [6.07, 6.45) is 3.67. The van der Waals surface area contributed by atoms with E-state index in [0.717, 1.165) is 19.0 Å². The molecular formula is C14H23NO2P+. The zero-order chi connectivity index (χ0) is 13.6. The summed E-state index contributed by atoms with van der Waals surface area (Å²) < 4.78 is 0. The Morgan fingerprint density at radius 2 is 1.89 bits per heavy atom. The van der Waals surface area contributed by atoms with Crippen LogP contribution in [0.3, 0.4) is 0 Å². The molecular weight excluding hydrogens is 245 g/mol. The average Bonchev–Trinajstić information content (AvgIpc) is 2.35. The van der Waals surface area contributed by atoms with Crippen LogP contribution in [0.1, 0.15) is 19.3 Å². The first-order valence-corrected chi connectivity index (χ1v) is 9.17. The Morgan fingerprint density at radius 1 is 1.28 bits per heavy atom. The molecule has 3 N–H and O–H groups in total. The van der Waals surface area contributed by atoms with Crippen LogP contribution in [-0.4, -0.2) is 36.6 Å². The first-order chi connectivity index (χ1) is 8.43. The van der Waals surface area contributed by atoms with Crippen LogP contribution in [0.5, 0.6) is 0 Å². The number of aliphatic carboxylic acids is 1. The summed E-state index contributed by atoms with van der Waals surface area (Å²) in [7, 11) is -1.07. The quantitative estimate of drug-likeness (QED) is 0.588. The van der Waals surface area contributed by atoms with Gasteiger partial charge in [-0.25, -0.2) is 0 Å². The number of carboxylic acid groups (broad SMARTS) is 1. The summed E-state index contributed by atoms with van der Waals surface area (Å²) in [5, 5.41) is 10.1. The van der Waals surface area contributed by atoms with Gasteiger partial charge >= 0.3 is 5.97 Å². The number of nitrogens with two attached hydrogens (primary N) is 1. The van der Waals surface area contributed by atoms with Crippen LogP contribution in [0.2, 0.25) is 0 Å². The lowest BCUT2D eigenvalue weighted by Crippen LogP contribution is -2.29. The van der Waals surface area contributed by atoms with Gasteiger partial charge in [0.15, 0.2) is 0 Å². The van der Waals surface area contributed by atoms with Crippen LogP contribution in [0, 0.1) is 0 Å². The molecule has 18 heavy (non-hydrogen) atoms. The van der Waals surface area contributed by atoms with Crippen molar-refractivity contribution in [1.82, 2.24) is 0 Å². The smallest absolute Gasteiger partial charge is 0.320 e. The van der Waals surface area contributed by atoms with Crippen molar-refractivity contribution in [2.45, 2.75) is 25.3 Å².